The molecule has 0 saturated carbocycles. The molecule has 7 heteroatoms. The number of nitrogens with zero attached hydrogens (tertiary/aromatic N) is 2. The summed E-state index contributed by atoms with van der Waals surface area (Å²) >= 11 is 0. The second-order valence-electron chi connectivity index (χ2n) is 6.46. The van der Waals surface area contributed by atoms with Crippen LogP contribution in [0.25, 0.3) is 11.0 Å². The fraction of sp³-hybridized carbons (Fsp3) is 0.333. The Morgan fingerprint density at radius 3 is 2.39 bits per heavy atom. The van der Waals surface area contributed by atoms with E-state index in [1.165, 1.54) is 4.57 Å². The topological polar surface area (TPSA) is 74.5 Å². The van der Waals surface area contributed by atoms with Crippen LogP contribution in [0.2, 0.25) is 0 Å². The molecule has 1 N–H and O–H groups in total. The molecule has 0 spiro atoms. The normalized spacial score (nSPS) is 10.8. The Hall–Kier alpha value is -3.22. The SMILES string of the molecule is CCCn1c(=O)n(CC(=O)NCc2ccc(OC)cc2OC)c2ccccc21. The van der Waals surface area contributed by atoms with E-state index in [0.29, 0.717) is 24.6 Å². The van der Waals surface area contributed by atoms with Gasteiger partial charge in [0.15, 0.2) is 0 Å². The Balaban J connectivity index is 1.77. The standard InChI is InChI=1S/C21H25N3O4/c1-4-11-23-17-7-5-6-8-18(17)24(21(23)26)14-20(25)22-13-15-9-10-16(27-2)12-19(15)28-3/h5-10,12H,4,11,13-14H2,1-3H3,(H,22,25). The monoisotopic (exact) mass is 383 g/mol. The highest BCUT2D eigenvalue weighted by molar-refractivity contribution is 5.81. The van der Waals surface area contributed by atoms with E-state index >= 15 is 0 Å². The van der Waals surface area contributed by atoms with Crippen LogP contribution in [0.15, 0.2) is 47.3 Å². The summed E-state index contributed by atoms with van der Waals surface area (Å²) in [6, 6.07) is 13.0. The Bertz CT molecular complexity index is 1040. The lowest BCUT2D eigenvalue weighted by atomic mass is 10.2. The van der Waals surface area contributed by atoms with Crippen molar-refractivity contribution in [3.8, 4) is 11.5 Å². The number of hydrogen-bond acceptors (Lipinski definition) is 4. The molecule has 0 aliphatic rings. The average Bonchev–Trinajstić information content (AvgIpc) is 2.98. The number of amides is 1. The number of para-hydroxylation sites is 2. The third-order valence-electron chi connectivity index (χ3n) is 4.64. The van der Waals surface area contributed by atoms with Crippen LogP contribution in [0.3, 0.4) is 0 Å². The molecule has 0 unspecified atom stereocenters. The summed E-state index contributed by atoms with van der Waals surface area (Å²) in [7, 11) is 3.16. The number of hydrogen-bond donors (Lipinski definition) is 1. The first-order valence-corrected chi connectivity index (χ1v) is 9.24. The van der Waals surface area contributed by atoms with Gasteiger partial charge >= 0.3 is 5.69 Å². The van der Waals surface area contributed by atoms with Crippen LogP contribution >= 0.6 is 0 Å². The van der Waals surface area contributed by atoms with Gasteiger partial charge in [-0.3, -0.25) is 13.9 Å². The molecule has 1 heterocycles. The first kappa shape index (κ1) is 19.5. The maximum Gasteiger partial charge on any atom is 0.329 e. The van der Waals surface area contributed by atoms with Crippen molar-refractivity contribution in [1.29, 1.82) is 0 Å². The zero-order valence-corrected chi connectivity index (χ0v) is 16.4. The van der Waals surface area contributed by atoms with E-state index in [0.717, 1.165) is 23.0 Å². The molecule has 2 aromatic carbocycles. The summed E-state index contributed by atoms with van der Waals surface area (Å²) in [6.07, 6.45) is 0.845. The van der Waals surface area contributed by atoms with Crippen molar-refractivity contribution in [2.24, 2.45) is 0 Å². The van der Waals surface area contributed by atoms with E-state index in [4.69, 9.17) is 9.47 Å². The first-order chi connectivity index (χ1) is 13.6. The molecular formula is C21H25N3O4. The number of ether oxygens (including phenoxy) is 2. The Labute approximate surface area is 163 Å². The molecule has 28 heavy (non-hydrogen) atoms. The molecule has 3 aromatic rings. The number of methoxy groups -OCH3 is 2. The maximum absolute atomic E-state index is 12.8. The van der Waals surface area contributed by atoms with Crippen LogP contribution < -0.4 is 20.5 Å². The molecule has 3 rings (SSSR count). The minimum Gasteiger partial charge on any atom is -0.497 e. The highest BCUT2D eigenvalue weighted by Gasteiger charge is 2.15. The molecule has 1 amide bonds. The van der Waals surface area contributed by atoms with E-state index in [1.807, 2.05) is 43.3 Å². The molecule has 0 radical (unpaired) electrons. The van der Waals surface area contributed by atoms with E-state index < -0.39 is 0 Å². The molecule has 148 valence electrons. The number of aromatic nitrogens is 2. The van der Waals surface area contributed by atoms with Gasteiger partial charge in [-0.05, 0) is 30.7 Å². The summed E-state index contributed by atoms with van der Waals surface area (Å²) in [6.45, 7) is 2.91. The molecule has 0 atom stereocenters. The molecule has 1 aromatic heterocycles. The lowest BCUT2D eigenvalue weighted by molar-refractivity contribution is -0.121. The van der Waals surface area contributed by atoms with Crippen LogP contribution in [-0.4, -0.2) is 29.3 Å². The van der Waals surface area contributed by atoms with E-state index in [9.17, 15) is 9.59 Å². The van der Waals surface area contributed by atoms with Gasteiger partial charge in [0, 0.05) is 24.7 Å². The van der Waals surface area contributed by atoms with Crippen molar-refractivity contribution in [3.63, 3.8) is 0 Å². The highest BCUT2D eigenvalue weighted by Crippen LogP contribution is 2.24. The van der Waals surface area contributed by atoms with Crippen molar-refractivity contribution in [2.75, 3.05) is 14.2 Å². The van der Waals surface area contributed by atoms with Gasteiger partial charge in [-0.25, -0.2) is 4.79 Å². The molecule has 7 nitrogen and oxygen atoms in total. The zero-order chi connectivity index (χ0) is 20.1. The molecule has 0 saturated heterocycles. The van der Waals surface area contributed by atoms with Gasteiger partial charge in [0.25, 0.3) is 0 Å². The van der Waals surface area contributed by atoms with Gasteiger partial charge in [0.2, 0.25) is 5.91 Å². The molecular weight excluding hydrogens is 358 g/mol. The number of benzene rings is 2. The molecule has 0 fully saturated rings. The fourth-order valence-corrected chi connectivity index (χ4v) is 3.26. The van der Waals surface area contributed by atoms with Crippen LogP contribution in [0.4, 0.5) is 0 Å². The molecule has 0 aliphatic carbocycles. The van der Waals surface area contributed by atoms with E-state index in [-0.39, 0.29) is 18.1 Å². The summed E-state index contributed by atoms with van der Waals surface area (Å²) < 4.78 is 13.8. The van der Waals surface area contributed by atoms with Gasteiger partial charge in [0.1, 0.15) is 18.0 Å². The van der Waals surface area contributed by atoms with Crippen LogP contribution in [0, 0.1) is 0 Å². The van der Waals surface area contributed by atoms with Crippen LogP contribution in [0.5, 0.6) is 11.5 Å². The average molecular weight is 383 g/mol. The second kappa shape index (κ2) is 8.65. The number of nitrogens with one attached hydrogen (secondary N) is 1. The summed E-state index contributed by atoms with van der Waals surface area (Å²) in [5.74, 6) is 1.08. The van der Waals surface area contributed by atoms with Gasteiger partial charge < -0.3 is 14.8 Å². The van der Waals surface area contributed by atoms with Gasteiger partial charge in [-0.2, -0.15) is 0 Å². The van der Waals surface area contributed by atoms with Gasteiger partial charge in [-0.15, -0.1) is 0 Å². The van der Waals surface area contributed by atoms with Crippen molar-refractivity contribution >= 4 is 16.9 Å². The van der Waals surface area contributed by atoms with Gasteiger partial charge in [0.05, 0.1) is 25.3 Å². The third-order valence-corrected chi connectivity index (χ3v) is 4.64. The summed E-state index contributed by atoms with van der Waals surface area (Å²) in [5.41, 5.74) is 2.27. The Morgan fingerprint density at radius 2 is 1.75 bits per heavy atom. The molecule has 0 aliphatic heterocycles. The summed E-state index contributed by atoms with van der Waals surface area (Å²) in [5, 5.41) is 2.86. The Morgan fingerprint density at radius 1 is 1.04 bits per heavy atom. The number of fused-ring (bicyclic) bond motifs is 1. The van der Waals surface area contributed by atoms with Gasteiger partial charge in [-0.1, -0.05) is 19.1 Å². The van der Waals surface area contributed by atoms with Crippen molar-refractivity contribution in [1.82, 2.24) is 14.5 Å². The number of imidazole rings is 1. The number of aryl methyl sites for hydroxylation is 1. The lowest BCUT2D eigenvalue weighted by Gasteiger charge is -2.11. The highest BCUT2D eigenvalue weighted by atomic mass is 16.5. The molecule has 0 bridgehead atoms. The summed E-state index contributed by atoms with van der Waals surface area (Å²) in [4.78, 5) is 25.3. The first-order valence-electron chi connectivity index (χ1n) is 9.24. The van der Waals surface area contributed by atoms with E-state index in [1.54, 1.807) is 24.9 Å². The van der Waals surface area contributed by atoms with Crippen molar-refractivity contribution < 1.29 is 14.3 Å². The minimum absolute atomic E-state index is 0.0332. The minimum atomic E-state index is -0.237. The van der Waals surface area contributed by atoms with Crippen molar-refractivity contribution in [3.05, 3.63) is 58.5 Å². The Kier molecular flexibility index (Phi) is 6.03. The number of carbonyl (C=O) groups is 1. The predicted octanol–water partition coefficient (Wildman–Crippen LogP) is 2.55. The third kappa shape index (κ3) is 3.88. The maximum atomic E-state index is 12.8. The quantitative estimate of drug-likeness (QED) is 0.649. The second-order valence-corrected chi connectivity index (χ2v) is 6.46. The lowest BCUT2D eigenvalue weighted by Crippen LogP contribution is -2.33. The zero-order valence-electron chi connectivity index (χ0n) is 16.4. The number of rotatable bonds is 8. The van der Waals surface area contributed by atoms with E-state index in [2.05, 4.69) is 5.32 Å². The van der Waals surface area contributed by atoms with Crippen LogP contribution in [0.1, 0.15) is 18.9 Å². The largest absolute Gasteiger partial charge is 0.497 e. The fourth-order valence-electron chi connectivity index (χ4n) is 3.26. The van der Waals surface area contributed by atoms with Crippen molar-refractivity contribution in [2.45, 2.75) is 33.0 Å². The smallest absolute Gasteiger partial charge is 0.329 e. The predicted molar refractivity (Wildman–Crippen MR) is 108 cm³/mol. The van der Waals surface area contributed by atoms with Crippen LogP contribution in [-0.2, 0) is 24.4 Å². The number of carbonyl (C=O) groups excluding carboxylic acids is 1.